The maximum absolute atomic E-state index is 12.2. The monoisotopic (exact) mass is 316 g/mol. The number of amides is 1. The lowest BCUT2D eigenvalue weighted by molar-refractivity contribution is 0.0945. The van der Waals surface area contributed by atoms with Crippen LogP contribution in [0.15, 0.2) is 30.3 Å². The van der Waals surface area contributed by atoms with Crippen LogP contribution in [-0.2, 0) is 6.54 Å². The number of anilines is 1. The number of aromatic nitrogens is 2. The first-order chi connectivity index (χ1) is 10.6. The third-order valence-corrected chi connectivity index (χ3v) is 3.62. The van der Waals surface area contributed by atoms with Crippen molar-refractivity contribution in [1.29, 1.82) is 0 Å². The standard InChI is InChI=1S/C16H17ClN4O/c1-10-8-14(21-16(19-10)20-13-6-7-13)15(22)18-9-11-2-4-12(17)5-3-11/h2-5,8,13H,6-7,9H2,1H3,(H,18,22)(H,19,20,21). The van der Waals surface area contributed by atoms with E-state index in [1.807, 2.05) is 19.1 Å². The summed E-state index contributed by atoms with van der Waals surface area (Å²) < 4.78 is 0. The highest BCUT2D eigenvalue weighted by atomic mass is 35.5. The number of aryl methyl sites for hydroxylation is 1. The molecule has 1 aliphatic carbocycles. The number of nitrogens with zero attached hydrogens (tertiary/aromatic N) is 2. The summed E-state index contributed by atoms with van der Waals surface area (Å²) in [6.07, 6.45) is 2.27. The van der Waals surface area contributed by atoms with Crippen molar-refractivity contribution in [2.24, 2.45) is 0 Å². The molecule has 2 aromatic rings. The Bertz CT molecular complexity index is 683. The first kappa shape index (κ1) is 14.8. The predicted octanol–water partition coefficient (Wildman–Crippen LogP) is 2.94. The Morgan fingerprint density at radius 1 is 1.27 bits per heavy atom. The average Bonchev–Trinajstić information content (AvgIpc) is 3.29. The molecule has 3 rings (SSSR count). The van der Waals surface area contributed by atoms with Crippen LogP contribution >= 0.6 is 11.6 Å². The van der Waals surface area contributed by atoms with Gasteiger partial charge in [-0.25, -0.2) is 9.97 Å². The van der Waals surface area contributed by atoms with E-state index < -0.39 is 0 Å². The van der Waals surface area contributed by atoms with Crippen molar-refractivity contribution in [2.45, 2.75) is 32.4 Å². The molecule has 0 atom stereocenters. The molecule has 0 saturated heterocycles. The highest BCUT2D eigenvalue weighted by Crippen LogP contribution is 2.23. The van der Waals surface area contributed by atoms with E-state index in [2.05, 4.69) is 20.6 Å². The number of benzene rings is 1. The van der Waals surface area contributed by atoms with Crippen molar-refractivity contribution in [1.82, 2.24) is 15.3 Å². The molecule has 0 aliphatic heterocycles. The lowest BCUT2D eigenvalue weighted by Crippen LogP contribution is -2.24. The number of halogens is 1. The molecule has 114 valence electrons. The van der Waals surface area contributed by atoms with Gasteiger partial charge in [0.25, 0.3) is 5.91 Å². The predicted molar refractivity (Wildman–Crippen MR) is 86.0 cm³/mol. The van der Waals surface area contributed by atoms with Crippen LogP contribution in [0, 0.1) is 6.92 Å². The minimum atomic E-state index is -0.209. The summed E-state index contributed by atoms with van der Waals surface area (Å²) in [5, 5.41) is 6.75. The molecule has 5 nitrogen and oxygen atoms in total. The molecular weight excluding hydrogens is 300 g/mol. The molecule has 1 heterocycles. The molecule has 1 aromatic carbocycles. The quantitative estimate of drug-likeness (QED) is 0.890. The van der Waals surface area contributed by atoms with Crippen molar-refractivity contribution in [3.63, 3.8) is 0 Å². The second kappa shape index (κ2) is 6.32. The van der Waals surface area contributed by atoms with Gasteiger partial charge in [0, 0.05) is 23.3 Å². The number of hydrogen-bond acceptors (Lipinski definition) is 4. The summed E-state index contributed by atoms with van der Waals surface area (Å²) in [5.41, 5.74) is 2.14. The number of carbonyl (C=O) groups is 1. The Hall–Kier alpha value is -2.14. The molecule has 1 amide bonds. The Kier molecular flexibility index (Phi) is 4.24. The zero-order valence-electron chi connectivity index (χ0n) is 12.3. The van der Waals surface area contributed by atoms with Gasteiger partial charge in [-0.2, -0.15) is 0 Å². The van der Waals surface area contributed by atoms with Crippen LogP contribution in [0.4, 0.5) is 5.95 Å². The van der Waals surface area contributed by atoms with Crippen LogP contribution < -0.4 is 10.6 Å². The molecule has 2 N–H and O–H groups in total. The smallest absolute Gasteiger partial charge is 0.270 e. The van der Waals surface area contributed by atoms with Crippen LogP contribution in [-0.4, -0.2) is 21.9 Å². The number of carbonyl (C=O) groups excluding carboxylic acids is 1. The fourth-order valence-corrected chi connectivity index (χ4v) is 2.16. The van der Waals surface area contributed by atoms with Gasteiger partial charge in [-0.1, -0.05) is 23.7 Å². The van der Waals surface area contributed by atoms with Gasteiger partial charge in [-0.05, 0) is 43.5 Å². The van der Waals surface area contributed by atoms with Crippen molar-refractivity contribution >= 4 is 23.5 Å². The highest BCUT2D eigenvalue weighted by molar-refractivity contribution is 6.30. The Labute approximate surface area is 134 Å². The van der Waals surface area contributed by atoms with E-state index >= 15 is 0 Å². The fraction of sp³-hybridized carbons (Fsp3) is 0.312. The van der Waals surface area contributed by atoms with Crippen LogP contribution in [0.25, 0.3) is 0 Å². The van der Waals surface area contributed by atoms with Crippen molar-refractivity contribution < 1.29 is 4.79 Å². The highest BCUT2D eigenvalue weighted by Gasteiger charge is 2.22. The van der Waals surface area contributed by atoms with Crippen LogP contribution in [0.3, 0.4) is 0 Å². The lowest BCUT2D eigenvalue weighted by atomic mass is 10.2. The van der Waals surface area contributed by atoms with Gasteiger partial charge < -0.3 is 10.6 Å². The minimum Gasteiger partial charge on any atom is -0.351 e. The molecule has 0 bridgehead atoms. The number of rotatable bonds is 5. The Morgan fingerprint density at radius 3 is 2.68 bits per heavy atom. The zero-order chi connectivity index (χ0) is 15.5. The topological polar surface area (TPSA) is 66.9 Å². The molecule has 0 spiro atoms. The number of hydrogen-bond donors (Lipinski definition) is 2. The Morgan fingerprint density at radius 2 is 2.00 bits per heavy atom. The maximum Gasteiger partial charge on any atom is 0.270 e. The average molecular weight is 317 g/mol. The van der Waals surface area contributed by atoms with Gasteiger partial charge in [-0.15, -0.1) is 0 Å². The first-order valence-electron chi connectivity index (χ1n) is 7.25. The molecule has 1 aliphatic rings. The maximum atomic E-state index is 12.2. The summed E-state index contributed by atoms with van der Waals surface area (Å²) in [6.45, 7) is 2.29. The van der Waals surface area contributed by atoms with Crippen LogP contribution in [0.2, 0.25) is 5.02 Å². The second-order valence-electron chi connectivity index (χ2n) is 5.45. The first-order valence-corrected chi connectivity index (χ1v) is 7.63. The Balaban J connectivity index is 1.65. The molecule has 1 saturated carbocycles. The third kappa shape index (κ3) is 3.95. The van der Waals surface area contributed by atoms with E-state index in [1.54, 1.807) is 18.2 Å². The summed E-state index contributed by atoms with van der Waals surface area (Å²) in [7, 11) is 0. The zero-order valence-corrected chi connectivity index (χ0v) is 13.0. The summed E-state index contributed by atoms with van der Waals surface area (Å²) in [6, 6.07) is 9.51. The lowest BCUT2D eigenvalue weighted by Gasteiger charge is -2.08. The molecule has 1 fully saturated rings. The van der Waals surface area contributed by atoms with E-state index in [9.17, 15) is 4.79 Å². The van der Waals surface area contributed by atoms with Crippen LogP contribution in [0.1, 0.15) is 34.6 Å². The van der Waals surface area contributed by atoms with Gasteiger partial charge >= 0.3 is 0 Å². The SMILES string of the molecule is Cc1cc(C(=O)NCc2ccc(Cl)cc2)nc(NC2CC2)n1. The summed E-state index contributed by atoms with van der Waals surface area (Å²) >= 11 is 5.84. The van der Waals surface area contributed by atoms with E-state index in [4.69, 9.17) is 11.6 Å². The van der Waals surface area contributed by atoms with E-state index in [0.29, 0.717) is 29.3 Å². The van der Waals surface area contributed by atoms with Gasteiger partial charge in [0.15, 0.2) is 0 Å². The van der Waals surface area contributed by atoms with Crippen molar-refractivity contribution in [3.05, 3.63) is 52.3 Å². The van der Waals surface area contributed by atoms with Crippen molar-refractivity contribution in [2.75, 3.05) is 5.32 Å². The normalized spacial score (nSPS) is 13.7. The van der Waals surface area contributed by atoms with Gasteiger partial charge in [0.05, 0.1) is 0 Å². The molecule has 1 aromatic heterocycles. The molecule has 6 heteroatoms. The van der Waals surface area contributed by atoms with E-state index in [-0.39, 0.29) is 5.91 Å². The number of nitrogens with one attached hydrogen (secondary N) is 2. The van der Waals surface area contributed by atoms with Gasteiger partial charge in [-0.3, -0.25) is 4.79 Å². The molecular formula is C16H17ClN4O. The van der Waals surface area contributed by atoms with E-state index in [0.717, 1.165) is 24.1 Å². The van der Waals surface area contributed by atoms with Gasteiger partial charge in [0.2, 0.25) is 5.95 Å². The summed E-state index contributed by atoms with van der Waals surface area (Å²) in [4.78, 5) is 20.8. The van der Waals surface area contributed by atoms with Crippen LogP contribution in [0.5, 0.6) is 0 Å². The minimum absolute atomic E-state index is 0.209. The molecule has 0 unspecified atom stereocenters. The fourth-order valence-electron chi connectivity index (χ4n) is 2.03. The molecule has 22 heavy (non-hydrogen) atoms. The van der Waals surface area contributed by atoms with E-state index in [1.165, 1.54) is 0 Å². The third-order valence-electron chi connectivity index (χ3n) is 3.36. The second-order valence-corrected chi connectivity index (χ2v) is 5.88. The van der Waals surface area contributed by atoms with Gasteiger partial charge in [0.1, 0.15) is 5.69 Å². The largest absolute Gasteiger partial charge is 0.351 e. The molecule has 0 radical (unpaired) electrons. The summed E-state index contributed by atoms with van der Waals surface area (Å²) in [5.74, 6) is 0.318. The van der Waals surface area contributed by atoms with Crippen molar-refractivity contribution in [3.8, 4) is 0 Å².